The summed E-state index contributed by atoms with van der Waals surface area (Å²) in [5.74, 6) is -0.485. The monoisotopic (exact) mass is 308 g/mol. The Labute approximate surface area is 129 Å². The summed E-state index contributed by atoms with van der Waals surface area (Å²) in [6.07, 6.45) is -1.19. The van der Waals surface area contributed by atoms with Gasteiger partial charge in [0.05, 0.1) is 11.1 Å². The normalized spacial score (nSPS) is 13.9. The summed E-state index contributed by atoms with van der Waals surface area (Å²) < 4.78 is 19.6. The molecule has 0 heterocycles. The van der Waals surface area contributed by atoms with Gasteiger partial charge >= 0.3 is 0 Å². The number of aliphatic hydroxyl groups is 1. The van der Waals surface area contributed by atoms with Gasteiger partial charge in [0.1, 0.15) is 11.9 Å². The van der Waals surface area contributed by atoms with Gasteiger partial charge in [-0.15, -0.1) is 0 Å². The Kier molecular flexibility index (Phi) is 5.74. The van der Waals surface area contributed by atoms with E-state index in [1.807, 2.05) is 37.3 Å². The molecule has 0 saturated heterocycles. The van der Waals surface area contributed by atoms with Crippen LogP contribution in [0.5, 0.6) is 0 Å². The molecule has 0 aliphatic rings. The molecule has 0 aliphatic carbocycles. The molecule has 4 heteroatoms. The van der Waals surface area contributed by atoms with Crippen molar-refractivity contribution in [2.45, 2.75) is 25.6 Å². The van der Waals surface area contributed by atoms with Gasteiger partial charge in [-0.3, -0.25) is 0 Å². The highest BCUT2D eigenvalue weighted by Crippen LogP contribution is 2.26. The van der Waals surface area contributed by atoms with E-state index in [1.165, 1.54) is 6.07 Å². The van der Waals surface area contributed by atoms with Crippen LogP contribution in [0.1, 0.15) is 24.2 Å². The molecule has 2 aromatic carbocycles. The van der Waals surface area contributed by atoms with Crippen LogP contribution in [0, 0.1) is 5.82 Å². The van der Waals surface area contributed by atoms with E-state index in [2.05, 4.69) is 0 Å². The lowest BCUT2D eigenvalue weighted by Crippen LogP contribution is -2.24. The van der Waals surface area contributed by atoms with Crippen LogP contribution < -0.4 is 0 Å². The quantitative estimate of drug-likeness (QED) is 0.868. The maximum atomic E-state index is 13.9. The van der Waals surface area contributed by atoms with Gasteiger partial charge < -0.3 is 9.84 Å². The van der Waals surface area contributed by atoms with Gasteiger partial charge in [0, 0.05) is 13.0 Å². The van der Waals surface area contributed by atoms with Crippen LogP contribution in [-0.2, 0) is 11.2 Å². The molecule has 21 heavy (non-hydrogen) atoms. The molecule has 2 rings (SSSR count). The summed E-state index contributed by atoms with van der Waals surface area (Å²) >= 11 is 5.77. The first-order valence-electron chi connectivity index (χ1n) is 6.91. The molecule has 0 saturated carbocycles. The summed E-state index contributed by atoms with van der Waals surface area (Å²) in [5.41, 5.74) is 1.25. The van der Waals surface area contributed by atoms with E-state index in [4.69, 9.17) is 16.3 Å². The number of aliphatic hydroxyl groups excluding tert-OH is 1. The Balaban J connectivity index is 2.19. The third-order valence-corrected chi connectivity index (χ3v) is 3.58. The van der Waals surface area contributed by atoms with Crippen LogP contribution in [0.2, 0.25) is 5.02 Å². The first-order chi connectivity index (χ1) is 10.1. The Morgan fingerprint density at radius 3 is 2.52 bits per heavy atom. The highest BCUT2D eigenvalue weighted by Gasteiger charge is 2.23. The van der Waals surface area contributed by atoms with Gasteiger partial charge in [-0.1, -0.05) is 54.1 Å². The molecule has 1 N–H and O–H groups in total. The van der Waals surface area contributed by atoms with Crippen molar-refractivity contribution in [1.82, 2.24) is 0 Å². The third-order valence-electron chi connectivity index (χ3n) is 3.28. The molecule has 0 aromatic heterocycles. The van der Waals surface area contributed by atoms with Crippen LogP contribution in [0.25, 0.3) is 0 Å². The predicted octanol–water partition coefficient (Wildman–Crippen LogP) is 4.16. The molecule has 2 aromatic rings. The Hall–Kier alpha value is -1.42. The van der Waals surface area contributed by atoms with E-state index >= 15 is 0 Å². The van der Waals surface area contributed by atoms with Crippen LogP contribution in [0.3, 0.4) is 0 Å². The molecule has 2 atom stereocenters. The summed E-state index contributed by atoms with van der Waals surface area (Å²) in [7, 11) is 0. The number of hydrogen-bond acceptors (Lipinski definition) is 2. The van der Waals surface area contributed by atoms with Crippen molar-refractivity contribution < 1.29 is 14.2 Å². The fourth-order valence-corrected chi connectivity index (χ4v) is 2.48. The van der Waals surface area contributed by atoms with Gasteiger partial charge in [-0.25, -0.2) is 4.39 Å². The van der Waals surface area contributed by atoms with Gasteiger partial charge in [0.25, 0.3) is 0 Å². The first kappa shape index (κ1) is 16.0. The zero-order chi connectivity index (χ0) is 15.2. The number of benzene rings is 2. The van der Waals surface area contributed by atoms with Crippen molar-refractivity contribution in [3.63, 3.8) is 0 Å². The van der Waals surface area contributed by atoms with Crippen molar-refractivity contribution in [3.05, 3.63) is 70.5 Å². The van der Waals surface area contributed by atoms with Crippen LogP contribution in [-0.4, -0.2) is 17.8 Å². The SMILES string of the molecule is CCOC(c1ccccc1)C(O)Cc1cccc(Cl)c1F. The van der Waals surface area contributed by atoms with Crippen molar-refractivity contribution >= 4 is 11.6 Å². The topological polar surface area (TPSA) is 29.5 Å². The smallest absolute Gasteiger partial charge is 0.145 e. The molecule has 2 nitrogen and oxygen atoms in total. The second kappa shape index (κ2) is 7.55. The van der Waals surface area contributed by atoms with Crippen LogP contribution >= 0.6 is 11.6 Å². The molecule has 112 valence electrons. The van der Waals surface area contributed by atoms with Crippen molar-refractivity contribution in [2.24, 2.45) is 0 Å². The van der Waals surface area contributed by atoms with Gasteiger partial charge in [0.2, 0.25) is 0 Å². The average molecular weight is 309 g/mol. The van der Waals surface area contributed by atoms with E-state index in [1.54, 1.807) is 12.1 Å². The predicted molar refractivity (Wildman–Crippen MR) is 81.9 cm³/mol. The molecule has 0 aliphatic heterocycles. The van der Waals surface area contributed by atoms with E-state index in [0.717, 1.165) is 5.56 Å². The molecule has 0 radical (unpaired) electrons. The maximum absolute atomic E-state index is 13.9. The van der Waals surface area contributed by atoms with E-state index in [-0.39, 0.29) is 11.4 Å². The molecule has 0 spiro atoms. The first-order valence-corrected chi connectivity index (χ1v) is 7.28. The Morgan fingerprint density at radius 1 is 1.14 bits per heavy atom. The van der Waals surface area contributed by atoms with Crippen molar-refractivity contribution in [1.29, 1.82) is 0 Å². The zero-order valence-electron chi connectivity index (χ0n) is 11.8. The van der Waals surface area contributed by atoms with Gasteiger partial charge in [-0.05, 0) is 24.1 Å². The third kappa shape index (κ3) is 4.03. The second-order valence-corrected chi connectivity index (χ2v) is 5.18. The highest BCUT2D eigenvalue weighted by atomic mass is 35.5. The van der Waals surface area contributed by atoms with Gasteiger partial charge in [-0.2, -0.15) is 0 Å². The second-order valence-electron chi connectivity index (χ2n) is 4.77. The highest BCUT2D eigenvalue weighted by molar-refractivity contribution is 6.30. The summed E-state index contributed by atoms with van der Waals surface area (Å²) in [6.45, 7) is 2.33. The van der Waals surface area contributed by atoms with E-state index in [0.29, 0.717) is 12.2 Å². The fourth-order valence-electron chi connectivity index (χ4n) is 2.29. The lowest BCUT2D eigenvalue weighted by Gasteiger charge is -2.23. The van der Waals surface area contributed by atoms with E-state index in [9.17, 15) is 9.50 Å². The Bertz CT molecular complexity index is 574. The van der Waals surface area contributed by atoms with Crippen molar-refractivity contribution in [2.75, 3.05) is 6.61 Å². The number of ether oxygens (including phenoxy) is 1. The molecular weight excluding hydrogens is 291 g/mol. The number of rotatable bonds is 6. The summed E-state index contributed by atoms with van der Waals surface area (Å²) in [6, 6.07) is 14.2. The summed E-state index contributed by atoms with van der Waals surface area (Å²) in [5, 5.41) is 10.5. The number of halogens is 2. The maximum Gasteiger partial charge on any atom is 0.145 e. The average Bonchev–Trinajstić information content (AvgIpc) is 2.50. The zero-order valence-corrected chi connectivity index (χ0v) is 12.6. The van der Waals surface area contributed by atoms with E-state index < -0.39 is 18.0 Å². The molecule has 0 bridgehead atoms. The van der Waals surface area contributed by atoms with Crippen LogP contribution in [0.4, 0.5) is 4.39 Å². The largest absolute Gasteiger partial charge is 0.390 e. The molecule has 0 amide bonds. The standard InChI is InChI=1S/C17H18ClFO2/c1-2-21-17(12-7-4-3-5-8-12)15(20)11-13-9-6-10-14(18)16(13)19/h3-10,15,17,20H,2,11H2,1H3. The summed E-state index contributed by atoms with van der Waals surface area (Å²) in [4.78, 5) is 0. The molecule has 0 fully saturated rings. The lowest BCUT2D eigenvalue weighted by molar-refractivity contribution is -0.0342. The Morgan fingerprint density at radius 2 is 1.86 bits per heavy atom. The minimum atomic E-state index is -0.847. The fraction of sp³-hybridized carbons (Fsp3) is 0.294. The number of hydrogen-bond donors (Lipinski definition) is 1. The van der Waals surface area contributed by atoms with Gasteiger partial charge in [0.15, 0.2) is 0 Å². The minimum absolute atomic E-state index is 0.0624. The lowest BCUT2D eigenvalue weighted by atomic mass is 9.98. The minimum Gasteiger partial charge on any atom is -0.390 e. The van der Waals surface area contributed by atoms with Crippen molar-refractivity contribution in [3.8, 4) is 0 Å². The van der Waals surface area contributed by atoms with Crippen LogP contribution in [0.15, 0.2) is 48.5 Å². The molecule has 2 unspecified atom stereocenters. The molecular formula is C17H18ClFO2.